The molecule has 0 saturated heterocycles. The maximum absolute atomic E-state index is 11.2. The SMILES string of the molecule is CC(C)(NCl)C(=O)OCCNC=O. The summed E-state index contributed by atoms with van der Waals surface area (Å²) < 4.78 is 4.79. The standard InChI is InChI=1S/C7H13ClN2O3/c1-7(2,10-8)6(12)13-4-3-9-5-11/h5,10H,3-4H2,1-2H3,(H,9,11). The van der Waals surface area contributed by atoms with Crippen molar-refractivity contribution < 1.29 is 14.3 Å². The van der Waals surface area contributed by atoms with Crippen LogP contribution in [0, 0.1) is 0 Å². The zero-order valence-corrected chi connectivity index (χ0v) is 8.35. The van der Waals surface area contributed by atoms with Crippen LogP contribution in [0.25, 0.3) is 0 Å². The first-order valence-corrected chi connectivity index (χ1v) is 4.14. The normalized spacial score (nSPS) is 10.7. The topological polar surface area (TPSA) is 67.4 Å². The Morgan fingerprint density at radius 2 is 2.23 bits per heavy atom. The van der Waals surface area contributed by atoms with E-state index in [1.165, 1.54) is 0 Å². The van der Waals surface area contributed by atoms with Crippen molar-refractivity contribution in [3.8, 4) is 0 Å². The summed E-state index contributed by atoms with van der Waals surface area (Å²) in [4.78, 5) is 23.3. The Hall–Kier alpha value is -0.810. The molecule has 1 amide bonds. The number of esters is 1. The molecule has 0 aromatic rings. The molecule has 6 heteroatoms. The fraction of sp³-hybridized carbons (Fsp3) is 0.714. The second-order valence-electron chi connectivity index (χ2n) is 2.93. The monoisotopic (exact) mass is 208 g/mol. The lowest BCUT2D eigenvalue weighted by atomic mass is 10.1. The van der Waals surface area contributed by atoms with Crippen molar-refractivity contribution in [3.63, 3.8) is 0 Å². The number of amides is 1. The predicted octanol–water partition coefficient (Wildman–Crippen LogP) is -0.202. The minimum Gasteiger partial charge on any atom is -0.462 e. The van der Waals surface area contributed by atoms with E-state index in [1.807, 2.05) is 0 Å². The van der Waals surface area contributed by atoms with Gasteiger partial charge in [-0.15, -0.1) is 0 Å². The number of hydrogen-bond donors (Lipinski definition) is 2. The van der Waals surface area contributed by atoms with Crippen molar-refractivity contribution in [2.45, 2.75) is 19.4 Å². The van der Waals surface area contributed by atoms with Crippen molar-refractivity contribution in [3.05, 3.63) is 0 Å². The number of halogens is 1. The average Bonchev–Trinajstić information content (AvgIpc) is 2.12. The molecular weight excluding hydrogens is 196 g/mol. The van der Waals surface area contributed by atoms with Crippen molar-refractivity contribution in [1.29, 1.82) is 0 Å². The van der Waals surface area contributed by atoms with Crippen LogP contribution in [0.15, 0.2) is 0 Å². The van der Waals surface area contributed by atoms with Crippen molar-refractivity contribution in [1.82, 2.24) is 10.2 Å². The van der Waals surface area contributed by atoms with Crippen LogP contribution in [0.2, 0.25) is 0 Å². The Kier molecular flexibility index (Phi) is 5.41. The zero-order chi connectivity index (χ0) is 10.3. The van der Waals surface area contributed by atoms with Crippen LogP contribution >= 0.6 is 11.8 Å². The Balaban J connectivity index is 3.68. The first-order chi connectivity index (χ1) is 6.04. The fourth-order valence-electron chi connectivity index (χ4n) is 0.481. The van der Waals surface area contributed by atoms with Crippen molar-refractivity contribution >= 4 is 24.2 Å². The maximum atomic E-state index is 11.2. The molecule has 2 N–H and O–H groups in total. The largest absolute Gasteiger partial charge is 0.462 e. The van der Waals surface area contributed by atoms with Gasteiger partial charge in [0, 0.05) is 0 Å². The number of carbonyl (C=O) groups excluding carboxylic acids is 2. The van der Waals surface area contributed by atoms with Crippen LogP contribution in [0.5, 0.6) is 0 Å². The Bertz CT molecular complexity index is 185. The van der Waals surface area contributed by atoms with Crippen LogP contribution < -0.4 is 10.2 Å². The first-order valence-electron chi connectivity index (χ1n) is 3.76. The number of hydrogen-bond acceptors (Lipinski definition) is 4. The van der Waals surface area contributed by atoms with Crippen LogP contribution in [-0.4, -0.2) is 31.1 Å². The van der Waals surface area contributed by atoms with E-state index >= 15 is 0 Å². The Morgan fingerprint density at radius 1 is 1.62 bits per heavy atom. The highest BCUT2D eigenvalue weighted by molar-refractivity contribution is 6.15. The molecule has 0 bridgehead atoms. The lowest BCUT2D eigenvalue weighted by Gasteiger charge is -2.19. The van der Waals surface area contributed by atoms with E-state index in [-0.39, 0.29) is 6.61 Å². The molecule has 0 atom stereocenters. The zero-order valence-electron chi connectivity index (χ0n) is 7.59. The highest BCUT2D eigenvalue weighted by atomic mass is 35.5. The quantitative estimate of drug-likeness (QED) is 0.275. The molecule has 0 saturated carbocycles. The molecule has 0 aliphatic heterocycles. The van der Waals surface area contributed by atoms with Crippen LogP contribution in [0.3, 0.4) is 0 Å². The summed E-state index contributed by atoms with van der Waals surface area (Å²) in [6.45, 7) is 3.62. The van der Waals surface area contributed by atoms with E-state index in [1.54, 1.807) is 13.8 Å². The molecule has 0 heterocycles. The van der Waals surface area contributed by atoms with Gasteiger partial charge in [-0.05, 0) is 25.6 Å². The maximum Gasteiger partial charge on any atom is 0.327 e. The molecule has 0 fully saturated rings. The van der Waals surface area contributed by atoms with E-state index in [0.717, 1.165) is 0 Å². The molecule has 0 spiro atoms. The molecule has 0 rings (SSSR count). The predicted molar refractivity (Wildman–Crippen MR) is 48.1 cm³/mol. The van der Waals surface area contributed by atoms with Gasteiger partial charge in [0.15, 0.2) is 0 Å². The van der Waals surface area contributed by atoms with Gasteiger partial charge >= 0.3 is 5.97 Å². The van der Waals surface area contributed by atoms with E-state index in [4.69, 9.17) is 16.5 Å². The summed E-state index contributed by atoms with van der Waals surface area (Å²) >= 11 is 5.31. The molecule has 0 aromatic carbocycles. The summed E-state index contributed by atoms with van der Waals surface area (Å²) in [5.41, 5.74) is -0.914. The van der Waals surface area contributed by atoms with Gasteiger partial charge in [0.25, 0.3) is 0 Å². The highest BCUT2D eigenvalue weighted by Crippen LogP contribution is 2.05. The van der Waals surface area contributed by atoms with Gasteiger partial charge in [-0.2, -0.15) is 0 Å². The van der Waals surface area contributed by atoms with E-state index in [2.05, 4.69) is 10.2 Å². The number of rotatable bonds is 6. The molecule has 5 nitrogen and oxygen atoms in total. The van der Waals surface area contributed by atoms with Gasteiger partial charge in [0.2, 0.25) is 6.41 Å². The lowest BCUT2D eigenvalue weighted by molar-refractivity contribution is -0.149. The molecule has 76 valence electrons. The van der Waals surface area contributed by atoms with Gasteiger partial charge in [-0.25, -0.2) is 4.84 Å². The summed E-state index contributed by atoms with van der Waals surface area (Å²) in [5.74, 6) is -0.463. The molecule has 0 aliphatic carbocycles. The summed E-state index contributed by atoms with van der Waals surface area (Å²) in [5, 5.41) is 2.36. The van der Waals surface area contributed by atoms with Crippen LogP contribution in [0.1, 0.15) is 13.8 Å². The molecule has 13 heavy (non-hydrogen) atoms. The van der Waals surface area contributed by atoms with Gasteiger partial charge < -0.3 is 10.1 Å². The third-order valence-corrected chi connectivity index (χ3v) is 1.78. The van der Waals surface area contributed by atoms with Crippen LogP contribution in [0.4, 0.5) is 0 Å². The summed E-state index contributed by atoms with van der Waals surface area (Å²) in [6.07, 6.45) is 0.540. The number of nitrogens with one attached hydrogen (secondary N) is 2. The van der Waals surface area contributed by atoms with E-state index < -0.39 is 11.5 Å². The van der Waals surface area contributed by atoms with Crippen molar-refractivity contribution in [2.75, 3.05) is 13.2 Å². The molecule has 0 unspecified atom stereocenters. The number of ether oxygens (including phenoxy) is 1. The average molecular weight is 209 g/mol. The molecule has 0 aliphatic rings. The number of carbonyl (C=O) groups is 2. The van der Waals surface area contributed by atoms with Gasteiger partial charge in [0.05, 0.1) is 6.54 Å². The summed E-state index contributed by atoms with van der Waals surface area (Å²) in [6, 6.07) is 0. The van der Waals surface area contributed by atoms with E-state index in [9.17, 15) is 9.59 Å². The third-order valence-electron chi connectivity index (χ3n) is 1.31. The summed E-state index contributed by atoms with van der Waals surface area (Å²) in [7, 11) is 0. The smallest absolute Gasteiger partial charge is 0.327 e. The minimum absolute atomic E-state index is 0.138. The lowest BCUT2D eigenvalue weighted by Crippen LogP contribution is -2.43. The molecular formula is C7H13ClN2O3. The highest BCUT2D eigenvalue weighted by Gasteiger charge is 2.27. The fourth-order valence-corrected chi connectivity index (χ4v) is 0.558. The van der Waals surface area contributed by atoms with Crippen molar-refractivity contribution in [2.24, 2.45) is 0 Å². The minimum atomic E-state index is -0.914. The van der Waals surface area contributed by atoms with Gasteiger partial charge in [0.1, 0.15) is 12.1 Å². The van der Waals surface area contributed by atoms with Gasteiger partial charge in [-0.1, -0.05) is 0 Å². The van der Waals surface area contributed by atoms with Crippen LogP contribution in [-0.2, 0) is 14.3 Å². The van der Waals surface area contributed by atoms with E-state index in [0.29, 0.717) is 13.0 Å². The second-order valence-corrected chi connectivity index (χ2v) is 3.12. The first kappa shape index (κ1) is 12.2. The van der Waals surface area contributed by atoms with Gasteiger partial charge in [-0.3, -0.25) is 9.59 Å². The molecule has 0 radical (unpaired) electrons. The second kappa shape index (κ2) is 5.77. The molecule has 0 aromatic heterocycles. The third kappa shape index (κ3) is 4.69. The Labute approximate surface area is 81.9 Å². The Morgan fingerprint density at radius 3 is 2.69 bits per heavy atom.